The molecule has 1 aromatic rings. The molecule has 1 N–H and O–H groups in total. The zero-order valence-corrected chi connectivity index (χ0v) is 11.5. The van der Waals surface area contributed by atoms with E-state index < -0.39 is 5.41 Å². The molecule has 0 saturated carbocycles. The molecule has 1 unspecified atom stereocenters. The summed E-state index contributed by atoms with van der Waals surface area (Å²) >= 11 is 1.66. The van der Waals surface area contributed by atoms with Crippen LogP contribution >= 0.6 is 11.3 Å². The highest BCUT2D eigenvalue weighted by atomic mass is 32.1. The number of rotatable bonds is 3. The highest BCUT2D eigenvalue weighted by molar-refractivity contribution is 7.10. The van der Waals surface area contributed by atoms with Crippen LogP contribution in [0.5, 0.6) is 0 Å². The van der Waals surface area contributed by atoms with Crippen molar-refractivity contribution < 1.29 is 4.79 Å². The number of carbonyl (C=O) groups is 1. The van der Waals surface area contributed by atoms with Crippen LogP contribution in [0.3, 0.4) is 0 Å². The van der Waals surface area contributed by atoms with E-state index in [-0.39, 0.29) is 5.91 Å². The van der Waals surface area contributed by atoms with E-state index in [0.717, 1.165) is 24.4 Å². The first kappa shape index (κ1) is 12.6. The van der Waals surface area contributed by atoms with Gasteiger partial charge in [0.05, 0.1) is 5.41 Å². The minimum absolute atomic E-state index is 0.216. The number of hydrogen-bond donors (Lipinski definition) is 1. The third-order valence-electron chi connectivity index (χ3n) is 3.57. The van der Waals surface area contributed by atoms with Crippen LogP contribution in [0, 0.1) is 0 Å². The average molecular weight is 252 g/mol. The Bertz CT molecular complexity index is 380. The second kappa shape index (κ2) is 4.78. The van der Waals surface area contributed by atoms with Crippen LogP contribution < -0.4 is 5.32 Å². The predicted molar refractivity (Wildman–Crippen MR) is 71.4 cm³/mol. The molecule has 4 heteroatoms. The van der Waals surface area contributed by atoms with Gasteiger partial charge in [-0.05, 0) is 38.3 Å². The van der Waals surface area contributed by atoms with Gasteiger partial charge in [-0.25, -0.2) is 0 Å². The van der Waals surface area contributed by atoms with Crippen molar-refractivity contribution in [3.8, 4) is 0 Å². The maximum atomic E-state index is 12.6. The first-order valence-corrected chi connectivity index (χ1v) is 6.93. The molecule has 0 spiro atoms. The SMILES string of the molecule is CN(C(=O)C(C)(C)c1cccs1)C1CCNC1. The summed E-state index contributed by atoms with van der Waals surface area (Å²) in [6, 6.07) is 4.40. The van der Waals surface area contributed by atoms with E-state index in [2.05, 4.69) is 5.32 Å². The lowest BCUT2D eigenvalue weighted by molar-refractivity contribution is -0.136. The number of nitrogens with one attached hydrogen (secondary N) is 1. The molecule has 3 nitrogen and oxygen atoms in total. The van der Waals surface area contributed by atoms with Crippen LogP contribution in [-0.2, 0) is 10.2 Å². The third-order valence-corrected chi connectivity index (χ3v) is 4.77. The van der Waals surface area contributed by atoms with Gasteiger partial charge < -0.3 is 10.2 Å². The minimum Gasteiger partial charge on any atom is -0.341 e. The van der Waals surface area contributed by atoms with E-state index in [4.69, 9.17) is 0 Å². The van der Waals surface area contributed by atoms with E-state index in [0.29, 0.717) is 6.04 Å². The minimum atomic E-state index is -0.411. The largest absolute Gasteiger partial charge is 0.341 e. The van der Waals surface area contributed by atoms with E-state index in [9.17, 15) is 4.79 Å². The molecule has 0 bridgehead atoms. The Kier molecular flexibility index (Phi) is 3.54. The molecular weight excluding hydrogens is 232 g/mol. The molecule has 2 heterocycles. The number of hydrogen-bond acceptors (Lipinski definition) is 3. The van der Waals surface area contributed by atoms with Gasteiger partial charge in [-0.2, -0.15) is 0 Å². The van der Waals surface area contributed by atoms with Gasteiger partial charge in [0, 0.05) is 24.5 Å². The number of likely N-dealkylation sites (N-methyl/N-ethyl adjacent to an activating group) is 1. The lowest BCUT2D eigenvalue weighted by Gasteiger charge is -2.32. The standard InChI is InChI=1S/C13H20N2OS/c1-13(2,11-5-4-8-17-11)12(16)15(3)10-6-7-14-9-10/h4-5,8,10,14H,6-7,9H2,1-3H3. The fraction of sp³-hybridized carbons (Fsp3) is 0.615. The highest BCUT2D eigenvalue weighted by Gasteiger charge is 2.36. The summed E-state index contributed by atoms with van der Waals surface area (Å²) in [5, 5.41) is 5.33. The van der Waals surface area contributed by atoms with Gasteiger partial charge in [-0.1, -0.05) is 6.07 Å². The Morgan fingerprint density at radius 3 is 2.88 bits per heavy atom. The summed E-state index contributed by atoms with van der Waals surface area (Å²) in [7, 11) is 1.93. The monoisotopic (exact) mass is 252 g/mol. The molecule has 0 aliphatic carbocycles. The maximum Gasteiger partial charge on any atom is 0.233 e. The van der Waals surface area contributed by atoms with Crippen LogP contribution in [0.15, 0.2) is 17.5 Å². The second-order valence-electron chi connectivity index (χ2n) is 5.16. The van der Waals surface area contributed by atoms with Gasteiger partial charge in [-0.3, -0.25) is 4.79 Å². The van der Waals surface area contributed by atoms with Gasteiger partial charge in [0.25, 0.3) is 0 Å². The van der Waals surface area contributed by atoms with Crippen LogP contribution in [0.1, 0.15) is 25.1 Å². The fourth-order valence-corrected chi connectivity index (χ4v) is 3.16. The van der Waals surface area contributed by atoms with Crippen LogP contribution in [-0.4, -0.2) is 37.0 Å². The molecule has 0 radical (unpaired) electrons. The number of thiophene rings is 1. The second-order valence-corrected chi connectivity index (χ2v) is 6.11. The third kappa shape index (κ3) is 2.38. The molecule has 17 heavy (non-hydrogen) atoms. The van der Waals surface area contributed by atoms with E-state index in [1.54, 1.807) is 11.3 Å². The fourth-order valence-electron chi connectivity index (χ4n) is 2.32. The number of carbonyl (C=O) groups excluding carboxylic acids is 1. The summed E-state index contributed by atoms with van der Waals surface area (Å²) in [6.07, 6.45) is 1.06. The molecule has 1 aromatic heterocycles. The molecule has 94 valence electrons. The van der Waals surface area contributed by atoms with Crippen molar-refractivity contribution in [3.63, 3.8) is 0 Å². The summed E-state index contributed by atoms with van der Waals surface area (Å²) in [5.41, 5.74) is -0.411. The zero-order chi connectivity index (χ0) is 12.5. The summed E-state index contributed by atoms with van der Waals surface area (Å²) in [5.74, 6) is 0.216. The van der Waals surface area contributed by atoms with Crippen LogP contribution in [0.2, 0.25) is 0 Å². The molecule has 1 aliphatic rings. The Morgan fingerprint density at radius 1 is 1.59 bits per heavy atom. The molecule has 0 aromatic carbocycles. The van der Waals surface area contributed by atoms with Crippen LogP contribution in [0.25, 0.3) is 0 Å². The molecule has 1 saturated heterocycles. The average Bonchev–Trinajstić information content (AvgIpc) is 2.98. The quantitative estimate of drug-likeness (QED) is 0.890. The summed E-state index contributed by atoms with van der Waals surface area (Å²) < 4.78 is 0. The van der Waals surface area contributed by atoms with Crippen molar-refractivity contribution in [1.29, 1.82) is 0 Å². The predicted octanol–water partition coefficient (Wildman–Crippen LogP) is 1.85. The Morgan fingerprint density at radius 2 is 2.35 bits per heavy atom. The van der Waals surface area contributed by atoms with Crippen molar-refractivity contribution in [2.75, 3.05) is 20.1 Å². The van der Waals surface area contributed by atoms with Crippen molar-refractivity contribution in [2.24, 2.45) is 0 Å². The molecule has 1 atom stereocenters. The number of amides is 1. The highest BCUT2D eigenvalue weighted by Crippen LogP contribution is 2.30. The van der Waals surface area contributed by atoms with Gasteiger partial charge in [0.1, 0.15) is 0 Å². The van der Waals surface area contributed by atoms with Gasteiger partial charge in [-0.15, -0.1) is 11.3 Å². The van der Waals surface area contributed by atoms with Gasteiger partial charge >= 0.3 is 0 Å². The lowest BCUT2D eigenvalue weighted by Crippen LogP contribution is -2.46. The first-order valence-electron chi connectivity index (χ1n) is 6.05. The first-order chi connectivity index (χ1) is 8.03. The summed E-state index contributed by atoms with van der Waals surface area (Å²) in [4.78, 5) is 15.6. The molecule has 2 rings (SSSR count). The van der Waals surface area contributed by atoms with Gasteiger partial charge in [0.2, 0.25) is 5.91 Å². The van der Waals surface area contributed by atoms with Gasteiger partial charge in [0.15, 0.2) is 0 Å². The topological polar surface area (TPSA) is 32.3 Å². The normalized spacial score (nSPS) is 20.5. The Labute approximate surface area is 107 Å². The lowest BCUT2D eigenvalue weighted by atomic mass is 9.89. The summed E-state index contributed by atoms with van der Waals surface area (Å²) in [6.45, 7) is 5.96. The van der Waals surface area contributed by atoms with E-state index in [1.807, 2.05) is 43.3 Å². The Balaban J connectivity index is 2.13. The zero-order valence-electron chi connectivity index (χ0n) is 10.7. The van der Waals surface area contributed by atoms with Crippen molar-refractivity contribution in [2.45, 2.75) is 31.7 Å². The molecular formula is C13H20N2OS. The van der Waals surface area contributed by atoms with Crippen LogP contribution in [0.4, 0.5) is 0 Å². The number of nitrogens with zero attached hydrogens (tertiary/aromatic N) is 1. The van der Waals surface area contributed by atoms with Crippen molar-refractivity contribution in [1.82, 2.24) is 10.2 Å². The Hall–Kier alpha value is -0.870. The smallest absolute Gasteiger partial charge is 0.233 e. The van der Waals surface area contributed by atoms with Crippen molar-refractivity contribution >= 4 is 17.2 Å². The molecule has 1 amide bonds. The molecule has 1 fully saturated rings. The van der Waals surface area contributed by atoms with E-state index >= 15 is 0 Å². The maximum absolute atomic E-state index is 12.6. The van der Waals surface area contributed by atoms with Crippen molar-refractivity contribution in [3.05, 3.63) is 22.4 Å². The van der Waals surface area contributed by atoms with E-state index in [1.165, 1.54) is 0 Å². The molecule has 1 aliphatic heterocycles.